The molecule has 0 amide bonds. The van der Waals surface area contributed by atoms with Crippen molar-refractivity contribution >= 4 is 23.5 Å². The van der Waals surface area contributed by atoms with Gasteiger partial charge in [-0.05, 0) is 89.2 Å². The van der Waals surface area contributed by atoms with Gasteiger partial charge in [0.2, 0.25) is 0 Å². The summed E-state index contributed by atoms with van der Waals surface area (Å²) in [5, 5.41) is 0. The highest BCUT2D eigenvalue weighted by Gasteiger charge is 2.55. The van der Waals surface area contributed by atoms with Crippen LogP contribution in [0.25, 0.3) is 0 Å². The Balaban J connectivity index is 1.76. The third-order valence-electron chi connectivity index (χ3n) is 16.6. The molecule has 0 N–H and O–H groups in total. The van der Waals surface area contributed by atoms with Gasteiger partial charge in [-0.25, -0.2) is 0 Å². The Hall–Kier alpha value is -4.06. The zero-order valence-electron chi connectivity index (χ0n) is 49.5. The normalized spacial score (nSPS) is 22.6. The van der Waals surface area contributed by atoms with Crippen molar-refractivity contribution in [1.82, 2.24) is 0 Å². The minimum atomic E-state index is -0.604. The molecule has 0 aromatic carbocycles. The molecule has 0 aromatic heterocycles. The Morgan fingerprint density at radius 3 is 0.946 bits per heavy atom. The van der Waals surface area contributed by atoms with Crippen LogP contribution in [0.1, 0.15) is 263 Å². The fourth-order valence-electron chi connectivity index (χ4n) is 10.7. The monoisotopic (exact) mass is 1020 g/mol. The summed E-state index contributed by atoms with van der Waals surface area (Å²) in [4.78, 5) is 52.8. The molecule has 2 saturated carbocycles. The number of carbonyl (C=O) groups is 4. The number of rotatable bonds is 38. The van der Waals surface area contributed by atoms with Crippen molar-refractivity contribution in [3.05, 3.63) is 107 Å². The lowest BCUT2D eigenvalue weighted by Crippen LogP contribution is -2.36. The summed E-state index contributed by atoms with van der Waals surface area (Å²) in [7, 11) is 0. The molecular formula is C68H108O6. The second kappa shape index (κ2) is 36.1. The quantitative estimate of drug-likeness (QED) is 0.0265. The highest BCUT2D eigenvalue weighted by Crippen LogP contribution is 2.55. The van der Waals surface area contributed by atoms with Crippen molar-refractivity contribution in [2.45, 2.75) is 275 Å². The van der Waals surface area contributed by atoms with E-state index in [1.807, 2.05) is 88.5 Å². The minimum Gasteiger partial charge on any atom is -0.462 e. The fourth-order valence-corrected chi connectivity index (χ4v) is 10.7. The first-order valence-corrected chi connectivity index (χ1v) is 29.8. The first kappa shape index (κ1) is 66.1. The largest absolute Gasteiger partial charge is 0.462 e. The summed E-state index contributed by atoms with van der Waals surface area (Å²) in [5.74, 6) is -0.0951. The van der Waals surface area contributed by atoms with Crippen LogP contribution >= 0.6 is 0 Å². The number of esters is 2. The van der Waals surface area contributed by atoms with Gasteiger partial charge < -0.3 is 9.47 Å². The Bertz CT molecular complexity index is 1840. The molecule has 416 valence electrons. The van der Waals surface area contributed by atoms with Gasteiger partial charge in [-0.3, -0.25) is 19.2 Å². The SMILES string of the molecule is CCCCCCCCCCCCCC(=O)O[C@H]1CC(C)(C)[C@](C)(C(=O)/C=C/C(C)=C/C=C/C(C)=C/C=C/C=C(C)/C=C/C=C(C)/C=C/C(=O)[C@]2(C)C[C@@H](OC(=O)CCCCCCCCCCCCC)CC2(C)C)C1. The molecule has 6 heteroatoms. The van der Waals surface area contributed by atoms with Crippen molar-refractivity contribution in [3.63, 3.8) is 0 Å². The van der Waals surface area contributed by atoms with E-state index < -0.39 is 10.8 Å². The van der Waals surface area contributed by atoms with E-state index in [2.05, 4.69) is 67.5 Å². The van der Waals surface area contributed by atoms with Crippen LogP contribution in [0.2, 0.25) is 0 Å². The van der Waals surface area contributed by atoms with Crippen LogP contribution in [0.5, 0.6) is 0 Å². The van der Waals surface area contributed by atoms with Crippen molar-refractivity contribution in [2.75, 3.05) is 0 Å². The molecular weight excluding hydrogens is 913 g/mol. The summed E-state index contributed by atoms with van der Waals surface area (Å²) >= 11 is 0. The maximum absolute atomic E-state index is 13.7. The highest BCUT2D eigenvalue weighted by atomic mass is 16.5. The molecule has 2 fully saturated rings. The van der Waals surface area contributed by atoms with Crippen molar-refractivity contribution < 1.29 is 28.7 Å². The van der Waals surface area contributed by atoms with E-state index in [0.29, 0.717) is 38.5 Å². The predicted octanol–water partition coefficient (Wildman–Crippen LogP) is 19.6. The number of ether oxygens (including phenoxy) is 2. The molecule has 0 heterocycles. The Morgan fingerprint density at radius 2 is 0.635 bits per heavy atom. The van der Waals surface area contributed by atoms with Gasteiger partial charge in [0.1, 0.15) is 12.2 Å². The third kappa shape index (κ3) is 25.7. The van der Waals surface area contributed by atoms with Crippen LogP contribution in [-0.2, 0) is 28.7 Å². The molecule has 0 bridgehead atoms. The number of ketones is 2. The lowest BCUT2D eigenvalue weighted by Gasteiger charge is -2.35. The van der Waals surface area contributed by atoms with Crippen LogP contribution in [0.4, 0.5) is 0 Å². The molecule has 6 nitrogen and oxygen atoms in total. The molecule has 0 aliphatic heterocycles. The summed E-state index contributed by atoms with van der Waals surface area (Å²) in [6.45, 7) is 25.2. The molecule has 0 saturated heterocycles. The van der Waals surface area contributed by atoms with Crippen molar-refractivity contribution in [3.8, 4) is 0 Å². The van der Waals surface area contributed by atoms with E-state index in [-0.39, 0.29) is 46.5 Å². The van der Waals surface area contributed by atoms with Gasteiger partial charge in [-0.2, -0.15) is 0 Å². The average molecular weight is 1020 g/mol. The van der Waals surface area contributed by atoms with Crippen LogP contribution in [-0.4, -0.2) is 35.7 Å². The number of hydrogen-bond acceptors (Lipinski definition) is 6. The first-order valence-electron chi connectivity index (χ1n) is 29.8. The van der Waals surface area contributed by atoms with Crippen LogP contribution in [0, 0.1) is 21.7 Å². The molecule has 2 aliphatic rings. The molecule has 4 atom stereocenters. The van der Waals surface area contributed by atoms with E-state index in [0.717, 1.165) is 48.0 Å². The smallest absolute Gasteiger partial charge is 0.306 e. The molecule has 74 heavy (non-hydrogen) atoms. The number of allylic oxidation sites excluding steroid dienone is 18. The zero-order valence-corrected chi connectivity index (χ0v) is 49.5. The lowest BCUT2D eigenvalue weighted by atomic mass is 9.66. The Morgan fingerprint density at radius 1 is 0.365 bits per heavy atom. The van der Waals surface area contributed by atoms with Gasteiger partial charge >= 0.3 is 11.9 Å². The minimum absolute atomic E-state index is 0.0793. The second-order valence-corrected chi connectivity index (χ2v) is 24.2. The molecule has 0 spiro atoms. The standard InChI is InChI=1S/C68H108O6/c1-13-15-17-19-21-23-25-27-29-31-33-45-63(71)73-59-51-65(7,8)67(11,53-59)61(69)49-47-57(5)43-37-41-55(3)39-35-36-40-56(4)42-38-44-58(6)48-50-62(70)68(12)54-60(52-66(68,9)10)74-64(72)46-34-32-30-28-26-24-22-20-18-16-14-2/h35-44,47-50,59-60H,13-34,45-46,51-54H2,1-12H3/b36-35+,41-37+,42-38+,49-47+,50-48+,55-39+,56-40+,57-43+,58-44+/t59-,60-,67-,68-/m0/s1. The number of carbonyl (C=O) groups excluding carboxylic acids is 4. The van der Waals surface area contributed by atoms with Gasteiger partial charge in [0, 0.05) is 23.7 Å². The van der Waals surface area contributed by atoms with Gasteiger partial charge in [0.05, 0.1) is 0 Å². The zero-order chi connectivity index (χ0) is 54.9. The average Bonchev–Trinajstić information content (AvgIpc) is 3.72. The fraction of sp³-hybridized carbons (Fsp3) is 0.676. The van der Waals surface area contributed by atoms with Gasteiger partial charge in [0.25, 0.3) is 0 Å². The highest BCUT2D eigenvalue weighted by molar-refractivity contribution is 5.96. The summed E-state index contributed by atoms with van der Waals surface area (Å²) in [5.41, 5.74) is 2.37. The second-order valence-electron chi connectivity index (χ2n) is 24.2. The first-order chi connectivity index (χ1) is 35.2. The molecule has 2 rings (SSSR count). The lowest BCUT2D eigenvalue weighted by molar-refractivity contribution is -0.150. The Kier molecular flexibility index (Phi) is 32.2. The van der Waals surface area contributed by atoms with Crippen LogP contribution < -0.4 is 0 Å². The molecule has 0 radical (unpaired) electrons. The van der Waals surface area contributed by atoms with Crippen LogP contribution in [0.3, 0.4) is 0 Å². The number of unbranched alkanes of at least 4 members (excludes halogenated alkanes) is 20. The summed E-state index contributed by atoms with van der Waals surface area (Å²) in [6, 6.07) is 0. The van der Waals surface area contributed by atoms with E-state index in [1.165, 1.54) is 116 Å². The van der Waals surface area contributed by atoms with Crippen molar-refractivity contribution in [1.29, 1.82) is 0 Å². The topological polar surface area (TPSA) is 86.7 Å². The summed E-state index contributed by atoms with van der Waals surface area (Å²) in [6.07, 6.45) is 57.9. The Labute approximate surface area is 454 Å². The maximum Gasteiger partial charge on any atom is 0.306 e. The van der Waals surface area contributed by atoms with Gasteiger partial charge in [-0.1, -0.05) is 279 Å². The van der Waals surface area contributed by atoms with E-state index in [9.17, 15) is 19.2 Å². The van der Waals surface area contributed by atoms with E-state index >= 15 is 0 Å². The van der Waals surface area contributed by atoms with E-state index in [4.69, 9.17) is 9.47 Å². The molecule has 2 aliphatic carbocycles. The summed E-state index contributed by atoms with van der Waals surface area (Å²) < 4.78 is 11.9. The van der Waals surface area contributed by atoms with Crippen molar-refractivity contribution in [2.24, 2.45) is 21.7 Å². The van der Waals surface area contributed by atoms with Crippen LogP contribution in [0.15, 0.2) is 107 Å². The van der Waals surface area contributed by atoms with Gasteiger partial charge in [-0.15, -0.1) is 0 Å². The van der Waals surface area contributed by atoms with Gasteiger partial charge in [0.15, 0.2) is 11.6 Å². The molecule has 0 unspecified atom stereocenters. The maximum atomic E-state index is 13.7. The van der Waals surface area contributed by atoms with E-state index in [1.54, 1.807) is 12.2 Å². The molecule has 0 aromatic rings. The third-order valence-corrected chi connectivity index (χ3v) is 16.6. The number of hydrogen-bond donors (Lipinski definition) is 0. The predicted molar refractivity (Wildman–Crippen MR) is 315 cm³/mol.